The maximum Gasteiger partial charge on any atom is 0.108 e. The maximum absolute atomic E-state index is 5.01. The van der Waals surface area contributed by atoms with E-state index < -0.39 is 0 Å². The fourth-order valence-corrected chi connectivity index (χ4v) is 5.15. The molecule has 9 fully saturated rings. The molecule has 322 valence electrons. The first-order valence-corrected chi connectivity index (χ1v) is 22.1. The maximum atomic E-state index is 5.01. The Kier molecular flexibility index (Phi) is 45.5. The predicted molar refractivity (Wildman–Crippen MR) is 229 cm³/mol. The zero-order valence-corrected chi connectivity index (χ0v) is 34.6. The fraction of sp³-hybridized carbons (Fsp3) is 0.949. The van der Waals surface area contributed by atoms with E-state index in [9.17, 15) is 0 Å². The lowest BCUT2D eigenvalue weighted by Gasteiger charge is -2.11. The van der Waals surface area contributed by atoms with Gasteiger partial charge in [0.2, 0.25) is 0 Å². The summed E-state index contributed by atoms with van der Waals surface area (Å²) < 4.78 is 5.01. The summed E-state index contributed by atoms with van der Waals surface area (Å²) in [6.45, 7) is 28.7. The van der Waals surface area contributed by atoms with E-state index in [-0.39, 0.29) is 0 Å². The minimum absolute atomic E-state index is 0.847. The van der Waals surface area contributed by atoms with Crippen LogP contribution in [0.4, 0.5) is 0 Å². The van der Waals surface area contributed by atoms with E-state index in [1.807, 2.05) is 6.08 Å². The second-order valence-electron chi connectivity index (χ2n) is 14.0. The van der Waals surface area contributed by atoms with Crippen molar-refractivity contribution < 1.29 is 9.57 Å². The summed E-state index contributed by atoms with van der Waals surface area (Å²) in [5.41, 5.74) is 8.56. The molecule has 0 aliphatic carbocycles. The van der Waals surface area contributed by atoms with E-state index in [2.05, 4.69) is 74.3 Å². The Labute approximate surface area is 331 Å². The van der Waals surface area contributed by atoms with Crippen molar-refractivity contribution in [2.24, 2.45) is 0 Å². The highest BCUT2D eigenvalue weighted by molar-refractivity contribution is 4.78. The van der Waals surface area contributed by atoms with Crippen molar-refractivity contribution in [3.05, 3.63) is 12.3 Å². The Morgan fingerprint density at radius 1 is 0.278 bits per heavy atom. The molecule has 0 saturated carbocycles. The molecular weight excluding hydrogens is 683 g/mol. The molecule has 0 bridgehead atoms. The molecule has 10 rings (SSSR count). The average Bonchev–Trinajstić information content (AvgIpc) is 3.57. The van der Waals surface area contributed by atoms with Crippen LogP contribution in [0.1, 0.15) is 77.0 Å². The van der Waals surface area contributed by atoms with Crippen LogP contribution in [0.5, 0.6) is 0 Å². The Bertz CT molecular complexity index is 535. The summed E-state index contributed by atoms with van der Waals surface area (Å²) in [6.07, 6.45) is 20.1. The van der Waals surface area contributed by atoms with Crippen molar-refractivity contribution in [3.63, 3.8) is 0 Å². The molecular formula is C39H89N13O2. The second kappa shape index (κ2) is 48.1. The Hall–Kier alpha value is -1.02. The van der Waals surface area contributed by atoms with Crippen LogP contribution in [0.25, 0.3) is 0 Å². The molecule has 13 N–H and O–H groups in total. The van der Waals surface area contributed by atoms with E-state index in [1.165, 1.54) is 156 Å². The number of hydroxylamine groups is 1. The minimum atomic E-state index is 0.847. The molecule has 0 aromatic heterocycles. The monoisotopic (exact) mass is 772 g/mol. The van der Waals surface area contributed by atoms with Crippen molar-refractivity contribution in [2.45, 2.75) is 77.0 Å². The Morgan fingerprint density at radius 2 is 0.574 bits per heavy atom. The summed E-state index contributed by atoms with van der Waals surface area (Å²) in [7, 11) is 0. The Balaban J connectivity index is 0.000000302. The van der Waals surface area contributed by atoms with Crippen molar-refractivity contribution in [2.75, 3.05) is 164 Å². The van der Waals surface area contributed by atoms with E-state index in [1.54, 1.807) is 6.26 Å². The molecule has 54 heavy (non-hydrogen) atoms. The number of hydrogen-bond donors (Lipinski definition) is 13. The lowest BCUT2D eigenvalue weighted by atomic mass is 10.2. The number of piperazine rings is 1. The number of piperidine rings is 1. The van der Waals surface area contributed by atoms with Crippen molar-refractivity contribution in [1.82, 2.24) is 69.5 Å². The van der Waals surface area contributed by atoms with Gasteiger partial charge in [0, 0.05) is 78.5 Å². The fourth-order valence-electron chi connectivity index (χ4n) is 5.15. The minimum Gasteiger partial charge on any atom is -0.417 e. The first kappa shape index (κ1) is 51.0. The van der Waals surface area contributed by atoms with Gasteiger partial charge in [-0.2, -0.15) is 5.48 Å². The highest BCUT2D eigenvalue weighted by Gasteiger charge is 1.97. The molecule has 9 saturated heterocycles. The lowest BCUT2D eigenvalue weighted by molar-refractivity contribution is 0.109. The number of rotatable bonds is 0. The summed E-state index contributed by atoms with van der Waals surface area (Å²) >= 11 is 0. The van der Waals surface area contributed by atoms with Crippen LogP contribution in [0.15, 0.2) is 12.3 Å². The molecule has 0 unspecified atom stereocenters. The van der Waals surface area contributed by atoms with Gasteiger partial charge in [0.15, 0.2) is 0 Å². The van der Waals surface area contributed by atoms with Crippen LogP contribution in [0.3, 0.4) is 0 Å². The van der Waals surface area contributed by atoms with Crippen molar-refractivity contribution in [1.29, 1.82) is 0 Å². The van der Waals surface area contributed by atoms with Crippen LogP contribution in [0.2, 0.25) is 0 Å². The third kappa shape index (κ3) is 49.0. The molecule has 0 radical (unpaired) electrons. The highest BCUT2D eigenvalue weighted by Crippen LogP contribution is 2.00. The number of hydrogen-bond acceptors (Lipinski definition) is 15. The molecule has 10 aliphatic heterocycles. The molecule has 0 amide bonds. The number of ether oxygens (including phenoxy) is 1. The topological polar surface area (TPSA) is 185 Å². The average molecular weight is 772 g/mol. The van der Waals surface area contributed by atoms with Gasteiger partial charge in [-0.15, -0.1) is 0 Å². The van der Waals surface area contributed by atoms with Crippen LogP contribution >= 0.6 is 0 Å². The SMILES string of the molecule is C1=CONC1.C1CCCNCC1.C1CCNC1.C1CCNCC1.C1CN1.C1CNC1.C1CNCCN1.C1CNCCNC1.C1CNNC1.C1COCCN1. The lowest BCUT2D eigenvalue weighted by Crippen LogP contribution is -2.39. The number of nitrogens with one attached hydrogen (secondary N) is 13. The second-order valence-corrected chi connectivity index (χ2v) is 14.0. The van der Waals surface area contributed by atoms with Gasteiger partial charge in [0.1, 0.15) is 6.26 Å². The molecule has 0 spiro atoms. The molecule has 0 atom stereocenters. The van der Waals surface area contributed by atoms with Gasteiger partial charge in [-0.1, -0.05) is 19.3 Å². The van der Waals surface area contributed by atoms with Crippen molar-refractivity contribution >= 4 is 0 Å². The van der Waals surface area contributed by atoms with E-state index >= 15 is 0 Å². The highest BCUT2D eigenvalue weighted by atomic mass is 16.6. The van der Waals surface area contributed by atoms with Crippen LogP contribution in [-0.4, -0.2) is 164 Å². The summed E-state index contributed by atoms with van der Waals surface area (Å²) in [4.78, 5) is 4.51. The standard InChI is InChI=1S/C6H13N.C5H12N2.C5H11N.C4H10N2.C4H9NO.C4H9N.C3H8N2.C3H5NO.C3H7N.C2H5N/c1-2-4-6-7-5-3-1;1-2-6-4-5-7-3-1;1-2-4-6-5-3-1;1-2-6-4-3-5-1;1-3-6-4-2-5-1;3*1-2-4-5-3-1;1-2-4-3-1;1-2-3-1/h7H,1-6H2;6-7H,1-5H2;6H,1-5H2;5-6H,1-4H2;5H,1-4H2;5H,1-4H2;4-5H,1-3H2;1,3-4H,2H2;4H,1-3H2;3H,1-2H2. The van der Waals surface area contributed by atoms with E-state index in [4.69, 9.17) is 4.74 Å². The third-order valence-corrected chi connectivity index (χ3v) is 8.74. The zero-order chi connectivity index (χ0) is 38.2. The van der Waals surface area contributed by atoms with Gasteiger partial charge in [-0.3, -0.25) is 10.9 Å². The zero-order valence-electron chi connectivity index (χ0n) is 34.6. The molecule has 0 aromatic carbocycles. The normalized spacial score (nSPS) is 23.6. The first-order valence-electron chi connectivity index (χ1n) is 22.1. The third-order valence-electron chi connectivity index (χ3n) is 8.74. The van der Waals surface area contributed by atoms with Gasteiger partial charge in [-0.25, -0.2) is 0 Å². The quantitative estimate of drug-likeness (QED) is 0.144. The number of hydrazine groups is 1. The Morgan fingerprint density at radius 3 is 0.796 bits per heavy atom. The van der Waals surface area contributed by atoms with Crippen LogP contribution in [-0.2, 0) is 9.57 Å². The van der Waals surface area contributed by atoms with Crippen LogP contribution < -0.4 is 69.5 Å². The van der Waals surface area contributed by atoms with Gasteiger partial charge in [0.05, 0.1) is 19.8 Å². The van der Waals surface area contributed by atoms with Gasteiger partial charge in [-0.05, 0) is 129 Å². The van der Waals surface area contributed by atoms with Gasteiger partial charge >= 0.3 is 0 Å². The summed E-state index contributed by atoms with van der Waals surface area (Å²) in [6, 6.07) is 0. The molecule has 15 nitrogen and oxygen atoms in total. The van der Waals surface area contributed by atoms with Crippen LogP contribution in [0, 0.1) is 0 Å². The molecule has 15 heteroatoms. The first-order chi connectivity index (χ1) is 27.0. The largest absolute Gasteiger partial charge is 0.417 e. The smallest absolute Gasteiger partial charge is 0.108 e. The number of morpholine rings is 1. The van der Waals surface area contributed by atoms with Crippen molar-refractivity contribution in [3.8, 4) is 0 Å². The molecule has 10 aliphatic rings. The predicted octanol–water partition coefficient (Wildman–Crippen LogP) is -0.277. The van der Waals surface area contributed by atoms with E-state index in [0.717, 1.165) is 85.2 Å². The summed E-state index contributed by atoms with van der Waals surface area (Å²) in [5, 5.41) is 32.1. The summed E-state index contributed by atoms with van der Waals surface area (Å²) in [5.74, 6) is 0. The molecule has 0 aromatic rings. The van der Waals surface area contributed by atoms with E-state index in [0.29, 0.717) is 0 Å². The molecule has 10 heterocycles. The van der Waals surface area contributed by atoms with Gasteiger partial charge in [0.25, 0.3) is 0 Å². The van der Waals surface area contributed by atoms with Gasteiger partial charge < -0.3 is 62.7 Å².